The fourth-order valence-corrected chi connectivity index (χ4v) is 4.09. The number of nitrogens with zero attached hydrogens (tertiary/aromatic N) is 4. The molecule has 2 aromatic heterocycles. The standard InChI is InChI=1S/C20H22N4O4S/c1-6-13(19(26)28-5)29-17-14-16(23(3)20(27)24(4)18(14)25)21-15(22-17)12-10-8-7-9-11(12)2/h7-10,13H,6H2,1-5H3/t13-/m0/s1. The summed E-state index contributed by atoms with van der Waals surface area (Å²) in [6.45, 7) is 3.79. The van der Waals surface area contributed by atoms with Crippen LogP contribution in [0, 0.1) is 6.92 Å². The Morgan fingerprint density at radius 3 is 2.48 bits per heavy atom. The zero-order valence-electron chi connectivity index (χ0n) is 16.9. The lowest BCUT2D eigenvalue weighted by Crippen LogP contribution is -2.38. The topological polar surface area (TPSA) is 96.1 Å². The van der Waals surface area contributed by atoms with E-state index in [2.05, 4.69) is 9.97 Å². The monoisotopic (exact) mass is 414 g/mol. The van der Waals surface area contributed by atoms with Crippen LogP contribution in [0.15, 0.2) is 38.9 Å². The van der Waals surface area contributed by atoms with Gasteiger partial charge in [0.25, 0.3) is 5.56 Å². The normalized spacial score (nSPS) is 12.2. The van der Waals surface area contributed by atoms with Crippen LogP contribution in [0.1, 0.15) is 18.9 Å². The third kappa shape index (κ3) is 3.69. The fraction of sp³-hybridized carbons (Fsp3) is 0.350. The lowest BCUT2D eigenvalue weighted by Gasteiger charge is -2.15. The largest absolute Gasteiger partial charge is 0.468 e. The van der Waals surface area contributed by atoms with Gasteiger partial charge in [0.05, 0.1) is 7.11 Å². The van der Waals surface area contributed by atoms with Crippen LogP contribution in [0.25, 0.3) is 22.4 Å². The summed E-state index contributed by atoms with van der Waals surface area (Å²) in [4.78, 5) is 46.6. The number of ether oxygens (including phenoxy) is 1. The summed E-state index contributed by atoms with van der Waals surface area (Å²) in [6, 6.07) is 7.59. The minimum absolute atomic E-state index is 0.208. The number of thioether (sulfide) groups is 1. The molecule has 0 unspecified atom stereocenters. The number of rotatable bonds is 5. The molecule has 0 radical (unpaired) electrons. The Bertz CT molecular complexity index is 1220. The number of aromatic nitrogens is 4. The summed E-state index contributed by atoms with van der Waals surface area (Å²) in [5.41, 5.74) is 0.996. The molecule has 0 fully saturated rings. The second-order valence-corrected chi connectivity index (χ2v) is 7.80. The van der Waals surface area contributed by atoms with Crippen molar-refractivity contribution in [2.24, 2.45) is 14.1 Å². The highest BCUT2D eigenvalue weighted by atomic mass is 32.2. The number of fused-ring (bicyclic) bond motifs is 1. The third-order valence-corrected chi connectivity index (χ3v) is 6.07. The van der Waals surface area contributed by atoms with Crippen LogP contribution in [0.2, 0.25) is 0 Å². The molecule has 152 valence electrons. The highest BCUT2D eigenvalue weighted by Gasteiger charge is 2.24. The molecule has 0 spiro atoms. The van der Waals surface area contributed by atoms with Crippen LogP contribution in [0.4, 0.5) is 0 Å². The Morgan fingerprint density at radius 1 is 1.17 bits per heavy atom. The van der Waals surface area contributed by atoms with E-state index >= 15 is 0 Å². The molecule has 0 N–H and O–H groups in total. The van der Waals surface area contributed by atoms with Crippen molar-refractivity contribution in [3.63, 3.8) is 0 Å². The number of methoxy groups -OCH3 is 1. The van der Waals surface area contributed by atoms with E-state index in [0.29, 0.717) is 17.3 Å². The minimum Gasteiger partial charge on any atom is -0.468 e. The Kier molecular flexibility index (Phi) is 5.88. The second kappa shape index (κ2) is 8.20. The van der Waals surface area contributed by atoms with Gasteiger partial charge < -0.3 is 4.74 Å². The smallest absolute Gasteiger partial charge is 0.332 e. The zero-order valence-corrected chi connectivity index (χ0v) is 17.7. The van der Waals surface area contributed by atoms with E-state index in [0.717, 1.165) is 27.5 Å². The lowest BCUT2D eigenvalue weighted by molar-refractivity contribution is -0.140. The molecule has 8 nitrogen and oxygen atoms in total. The van der Waals surface area contributed by atoms with Gasteiger partial charge in [0.15, 0.2) is 11.5 Å². The number of hydrogen-bond donors (Lipinski definition) is 0. The number of carbonyl (C=O) groups is 1. The Morgan fingerprint density at radius 2 is 1.86 bits per heavy atom. The van der Waals surface area contributed by atoms with Crippen LogP contribution in [0.5, 0.6) is 0 Å². The molecule has 0 aliphatic heterocycles. The van der Waals surface area contributed by atoms with Gasteiger partial charge in [0.1, 0.15) is 15.7 Å². The molecule has 0 saturated carbocycles. The number of aryl methyl sites for hydroxylation is 2. The van der Waals surface area contributed by atoms with Gasteiger partial charge in [-0.3, -0.25) is 18.7 Å². The summed E-state index contributed by atoms with van der Waals surface area (Å²) in [7, 11) is 4.29. The van der Waals surface area contributed by atoms with Crippen molar-refractivity contribution in [2.75, 3.05) is 7.11 Å². The molecular weight excluding hydrogens is 392 g/mol. The highest BCUT2D eigenvalue weighted by molar-refractivity contribution is 8.00. The molecule has 2 heterocycles. The van der Waals surface area contributed by atoms with Gasteiger partial charge in [0, 0.05) is 19.7 Å². The first kappa shape index (κ1) is 20.8. The van der Waals surface area contributed by atoms with Crippen molar-refractivity contribution in [2.45, 2.75) is 30.5 Å². The number of esters is 1. The summed E-state index contributed by atoms with van der Waals surface area (Å²) >= 11 is 1.15. The average molecular weight is 414 g/mol. The number of hydrogen-bond acceptors (Lipinski definition) is 7. The van der Waals surface area contributed by atoms with Crippen molar-refractivity contribution < 1.29 is 9.53 Å². The summed E-state index contributed by atoms with van der Waals surface area (Å²) in [6.07, 6.45) is 0.495. The predicted molar refractivity (Wildman–Crippen MR) is 112 cm³/mol. The lowest BCUT2D eigenvalue weighted by atomic mass is 10.1. The summed E-state index contributed by atoms with van der Waals surface area (Å²) < 4.78 is 7.22. The van der Waals surface area contributed by atoms with E-state index in [-0.39, 0.29) is 11.0 Å². The average Bonchev–Trinajstić information content (AvgIpc) is 2.73. The van der Waals surface area contributed by atoms with Gasteiger partial charge in [0.2, 0.25) is 0 Å². The van der Waals surface area contributed by atoms with Crippen LogP contribution in [-0.4, -0.2) is 37.4 Å². The first-order valence-corrected chi connectivity index (χ1v) is 9.96. The molecule has 0 saturated heterocycles. The maximum absolute atomic E-state index is 12.9. The Hall–Kier alpha value is -2.94. The van der Waals surface area contributed by atoms with Crippen molar-refractivity contribution >= 4 is 28.8 Å². The third-order valence-electron chi connectivity index (χ3n) is 4.74. The molecule has 1 atom stereocenters. The summed E-state index contributed by atoms with van der Waals surface area (Å²) in [5.74, 6) is -0.00980. The molecule has 9 heteroatoms. The van der Waals surface area contributed by atoms with Gasteiger partial charge in [-0.15, -0.1) is 0 Å². The number of benzene rings is 1. The van der Waals surface area contributed by atoms with Gasteiger partial charge in [-0.2, -0.15) is 0 Å². The maximum atomic E-state index is 12.9. The number of carbonyl (C=O) groups excluding carboxylic acids is 1. The fourth-order valence-electron chi connectivity index (χ4n) is 3.02. The first-order chi connectivity index (χ1) is 13.8. The van der Waals surface area contributed by atoms with Crippen LogP contribution >= 0.6 is 11.8 Å². The SMILES string of the molecule is CC[C@H](Sc1nc(-c2ccccc2C)nc2c1c(=O)n(C)c(=O)n2C)C(=O)OC. The van der Waals surface area contributed by atoms with Crippen molar-refractivity contribution in [3.8, 4) is 11.4 Å². The van der Waals surface area contributed by atoms with Gasteiger partial charge in [-0.25, -0.2) is 14.8 Å². The summed E-state index contributed by atoms with van der Waals surface area (Å²) in [5, 5.41) is 0.0192. The van der Waals surface area contributed by atoms with Crippen LogP contribution in [0.3, 0.4) is 0 Å². The first-order valence-electron chi connectivity index (χ1n) is 9.08. The van der Waals surface area contributed by atoms with E-state index in [9.17, 15) is 14.4 Å². The van der Waals surface area contributed by atoms with Gasteiger partial charge >= 0.3 is 11.7 Å². The molecule has 29 heavy (non-hydrogen) atoms. The molecule has 0 amide bonds. The van der Waals surface area contributed by atoms with Crippen molar-refractivity contribution in [1.29, 1.82) is 0 Å². The second-order valence-electron chi connectivity index (χ2n) is 6.61. The molecule has 3 rings (SSSR count). The molecule has 0 bridgehead atoms. The molecule has 3 aromatic rings. The van der Waals surface area contributed by atoms with E-state index in [1.165, 1.54) is 18.7 Å². The quantitative estimate of drug-likeness (QED) is 0.358. The van der Waals surface area contributed by atoms with Crippen molar-refractivity contribution in [1.82, 2.24) is 19.1 Å². The predicted octanol–water partition coefficient (Wildman–Crippen LogP) is 2.05. The van der Waals surface area contributed by atoms with Gasteiger partial charge in [-0.1, -0.05) is 43.0 Å². The maximum Gasteiger partial charge on any atom is 0.332 e. The molecule has 0 aliphatic carbocycles. The molecule has 0 aliphatic rings. The van der Waals surface area contributed by atoms with Crippen LogP contribution < -0.4 is 11.2 Å². The zero-order chi connectivity index (χ0) is 21.3. The van der Waals surface area contributed by atoms with Gasteiger partial charge in [-0.05, 0) is 18.9 Å². The van der Waals surface area contributed by atoms with E-state index < -0.39 is 22.5 Å². The van der Waals surface area contributed by atoms with E-state index in [1.807, 2.05) is 38.1 Å². The highest BCUT2D eigenvalue weighted by Crippen LogP contribution is 2.31. The van der Waals surface area contributed by atoms with E-state index in [4.69, 9.17) is 4.74 Å². The molecular formula is C20H22N4O4S. The molecule has 1 aromatic carbocycles. The van der Waals surface area contributed by atoms with Crippen molar-refractivity contribution in [3.05, 3.63) is 50.7 Å². The minimum atomic E-state index is -0.537. The Labute approximate surface area is 171 Å². The van der Waals surface area contributed by atoms with E-state index in [1.54, 1.807) is 7.05 Å². The Balaban J connectivity index is 2.38. The van der Waals surface area contributed by atoms with Crippen LogP contribution in [-0.2, 0) is 23.6 Å².